The molecule has 274 valence electrons. The summed E-state index contributed by atoms with van der Waals surface area (Å²) in [6.07, 6.45) is 7.79. The zero-order valence-corrected chi connectivity index (χ0v) is 31.5. The van der Waals surface area contributed by atoms with E-state index in [1.54, 1.807) is 0 Å². The highest BCUT2D eigenvalue weighted by molar-refractivity contribution is 6.14. The quantitative estimate of drug-likeness (QED) is 0.170. The van der Waals surface area contributed by atoms with Crippen LogP contribution in [0.5, 0.6) is 0 Å². The monoisotopic (exact) mass is 744 g/mol. The van der Waals surface area contributed by atoms with Crippen molar-refractivity contribution in [1.29, 1.82) is 0 Å². The Labute approximate surface area is 334 Å². The van der Waals surface area contributed by atoms with E-state index >= 15 is 0 Å². The van der Waals surface area contributed by atoms with Crippen molar-refractivity contribution in [2.75, 3.05) is 4.90 Å². The summed E-state index contributed by atoms with van der Waals surface area (Å²) in [6, 6.07) is 64.6. The molecule has 0 bridgehead atoms. The van der Waals surface area contributed by atoms with Crippen LogP contribution in [0.15, 0.2) is 209 Å². The minimum Gasteiger partial charge on any atom is -0.455 e. The van der Waals surface area contributed by atoms with Crippen LogP contribution in [0, 0.1) is 0 Å². The number of rotatable bonds is 6. The normalized spacial score (nSPS) is 14.3. The molecule has 0 saturated heterocycles. The Morgan fingerprint density at radius 3 is 1.91 bits per heavy atom. The van der Waals surface area contributed by atoms with Gasteiger partial charge in [0.05, 0.1) is 22.8 Å². The molecule has 8 aromatic carbocycles. The number of para-hydroxylation sites is 6. The summed E-state index contributed by atoms with van der Waals surface area (Å²) in [7, 11) is 0. The van der Waals surface area contributed by atoms with E-state index in [1.807, 2.05) is 6.07 Å². The van der Waals surface area contributed by atoms with Gasteiger partial charge >= 0.3 is 0 Å². The van der Waals surface area contributed by atoms with Gasteiger partial charge in [0, 0.05) is 54.8 Å². The van der Waals surface area contributed by atoms with Crippen LogP contribution >= 0.6 is 0 Å². The predicted molar refractivity (Wildman–Crippen MR) is 241 cm³/mol. The summed E-state index contributed by atoms with van der Waals surface area (Å²) in [5.41, 5.74) is 13.7. The number of hydrogen-bond donors (Lipinski definition) is 0. The van der Waals surface area contributed by atoms with Crippen molar-refractivity contribution in [2.45, 2.75) is 12.5 Å². The zero-order valence-electron chi connectivity index (χ0n) is 31.5. The van der Waals surface area contributed by atoms with E-state index in [-0.39, 0.29) is 6.04 Å². The molecule has 0 saturated carbocycles. The van der Waals surface area contributed by atoms with E-state index in [0.29, 0.717) is 0 Å². The summed E-state index contributed by atoms with van der Waals surface area (Å²) >= 11 is 0. The van der Waals surface area contributed by atoms with Gasteiger partial charge in [-0.3, -0.25) is 0 Å². The van der Waals surface area contributed by atoms with Crippen LogP contribution in [0.2, 0.25) is 0 Å². The molecule has 1 atom stereocenters. The summed E-state index contributed by atoms with van der Waals surface area (Å²) in [5, 5.41) is 6.95. The van der Waals surface area contributed by atoms with Crippen molar-refractivity contribution in [3.05, 3.63) is 206 Å². The third kappa shape index (κ3) is 5.01. The first kappa shape index (κ1) is 32.7. The zero-order chi connectivity index (χ0) is 38.2. The third-order valence-electron chi connectivity index (χ3n) is 11.9. The molecule has 4 nitrogen and oxygen atoms in total. The number of nitrogens with zero attached hydrogens (tertiary/aromatic N) is 2. The first-order valence-electron chi connectivity index (χ1n) is 19.9. The van der Waals surface area contributed by atoms with Gasteiger partial charge in [-0.15, -0.1) is 0 Å². The van der Waals surface area contributed by atoms with Gasteiger partial charge in [-0.1, -0.05) is 158 Å². The Hall–Kier alpha value is -7.56. The fourth-order valence-corrected chi connectivity index (χ4v) is 9.29. The molecule has 3 aromatic heterocycles. The molecular weight excluding hydrogens is 709 g/mol. The third-order valence-corrected chi connectivity index (χ3v) is 11.9. The molecule has 0 amide bonds. The maximum Gasteiger partial charge on any atom is 0.159 e. The van der Waals surface area contributed by atoms with Crippen LogP contribution in [0.1, 0.15) is 12.0 Å². The van der Waals surface area contributed by atoms with Gasteiger partial charge in [0.25, 0.3) is 0 Å². The molecule has 1 unspecified atom stereocenters. The van der Waals surface area contributed by atoms with E-state index in [0.717, 1.165) is 95.1 Å². The van der Waals surface area contributed by atoms with Crippen LogP contribution in [0.3, 0.4) is 0 Å². The molecule has 11 aromatic rings. The van der Waals surface area contributed by atoms with Gasteiger partial charge < -0.3 is 18.3 Å². The van der Waals surface area contributed by atoms with Crippen LogP contribution in [-0.4, -0.2) is 10.6 Å². The van der Waals surface area contributed by atoms with Crippen LogP contribution in [-0.2, 0) is 0 Å². The van der Waals surface area contributed by atoms with E-state index in [1.165, 1.54) is 16.3 Å². The van der Waals surface area contributed by atoms with Crippen LogP contribution in [0.4, 0.5) is 11.4 Å². The molecule has 1 aliphatic rings. The molecule has 3 heterocycles. The Bertz CT molecular complexity index is 3440. The lowest BCUT2D eigenvalue weighted by atomic mass is 9.94. The maximum atomic E-state index is 6.83. The highest BCUT2D eigenvalue weighted by Gasteiger charge is 2.26. The highest BCUT2D eigenvalue weighted by atomic mass is 16.3. The smallest absolute Gasteiger partial charge is 0.159 e. The van der Waals surface area contributed by atoms with Crippen molar-refractivity contribution < 1.29 is 8.83 Å². The number of allylic oxidation sites excluding steroid dienone is 2. The molecule has 1 aliphatic carbocycles. The van der Waals surface area contributed by atoms with Gasteiger partial charge in [-0.2, -0.15) is 0 Å². The Morgan fingerprint density at radius 1 is 0.483 bits per heavy atom. The summed E-state index contributed by atoms with van der Waals surface area (Å²) in [4.78, 5) is 2.47. The Morgan fingerprint density at radius 2 is 1.12 bits per heavy atom. The number of hydrogen-bond acceptors (Lipinski definition) is 3. The molecule has 0 spiro atoms. The minimum absolute atomic E-state index is 0.00845. The van der Waals surface area contributed by atoms with Gasteiger partial charge in [0.2, 0.25) is 0 Å². The van der Waals surface area contributed by atoms with Gasteiger partial charge in [-0.25, -0.2) is 0 Å². The molecule has 0 radical (unpaired) electrons. The molecule has 12 rings (SSSR count). The molecule has 58 heavy (non-hydrogen) atoms. The van der Waals surface area contributed by atoms with Crippen LogP contribution < -0.4 is 4.90 Å². The first-order chi connectivity index (χ1) is 28.8. The largest absolute Gasteiger partial charge is 0.455 e. The molecular formula is C54H36N2O2. The van der Waals surface area contributed by atoms with Crippen molar-refractivity contribution in [1.82, 2.24) is 4.57 Å². The maximum absolute atomic E-state index is 6.83. The van der Waals surface area contributed by atoms with Crippen molar-refractivity contribution >= 4 is 82.6 Å². The standard InChI is InChI=1S/C54H36N2O2/c1-3-14-35(15-4-1)40-20-11-22-46-47-23-12-21-41(53(47)58-52(40)46)36-28-30-38(31-29-36)55(49-26-13-24-45-44-19-8-10-27-51(44)57-54(45)49)39-32-33-43-42-18-7-9-25-48(42)56(50(43)34-39)37-16-5-2-6-17-37/h1-30,32-34,38H,31H2. The predicted octanol–water partition coefficient (Wildman–Crippen LogP) is 14.8. The second kappa shape index (κ2) is 13.0. The summed E-state index contributed by atoms with van der Waals surface area (Å²) in [6.45, 7) is 0. The number of aromatic nitrogens is 1. The fraction of sp³-hybridized carbons (Fsp3) is 0.0370. The van der Waals surface area contributed by atoms with Gasteiger partial charge in [0.15, 0.2) is 5.58 Å². The lowest BCUT2D eigenvalue weighted by molar-refractivity contribution is 0.664. The number of anilines is 2. The van der Waals surface area contributed by atoms with Crippen molar-refractivity contribution in [3.63, 3.8) is 0 Å². The average Bonchev–Trinajstić information content (AvgIpc) is 3.97. The lowest BCUT2D eigenvalue weighted by Gasteiger charge is -2.33. The average molecular weight is 745 g/mol. The van der Waals surface area contributed by atoms with E-state index in [9.17, 15) is 0 Å². The van der Waals surface area contributed by atoms with Crippen molar-refractivity contribution in [3.8, 4) is 16.8 Å². The van der Waals surface area contributed by atoms with E-state index < -0.39 is 0 Å². The topological polar surface area (TPSA) is 34.5 Å². The van der Waals surface area contributed by atoms with Crippen LogP contribution in [0.25, 0.3) is 88.1 Å². The van der Waals surface area contributed by atoms with Gasteiger partial charge in [-0.05, 0) is 60.0 Å². The minimum atomic E-state index is 0.00845. The molecule has 0 aliphatic heterocycles. The number of fused-ring (bicyclic) bond motifs is 9. The SMILES string of the molecule is C1=CC(N(c2ccc3c4ccccc4n(-c4ccccc4)c3c2)c2cccc3c2oc2ccccc23)CC=C1c1cccc2c1oc1c(-c3ccccc3)cccc12. The van der Waals surface area contributed by atoms with E-state index in [2.05, 4.69) is 204 Å². The molecule has 0 fully saturated rings. The second-order valence-corrected chi connectivity index (χ2v) is 15.2. The van der Waals surface area contributed by atoms with Crippen molar-refractivity contribution in [2.24, 2.45) is 0 Å². The number of benzene rings is 8. The Balaban J connectivity index is 1.01. The first-order valence-corrected chi connectivity index (χ1v) is 19.9. The summed E-state index contributed by atoms with van der Waals surface area (Å²) in [5.74, 6) is 0. The molecule has 0 N–H and O–H groups in total. The van der Waals surface area contributed by atoms with Gasteiger partial charge in [0.1, 0.15) is 16.7 Å². The number of furan rings is 2. The highest BCUT2D eigenvalue weighted by Crippen LogP contribution is 2.44. The lowest BCUT2D eigenvalue weighted by Crippen LogP contribution is -2.30. The second-order valence-electron chi connectivity index (χ2n) is 15.2. The fourth-order valence-electron chi connectivity index (χ4n) is 9.29. The van der Waals surface area contributed by atoms with E-state index in [4.69, 9.17) is 8.83 Å². The molecule has 4 heteroatoms. The Kier molecular flexibility index (Phi) is 7.32. The summed E-state index contributed by atoms with van der Waals surface area (Å²) < 4.78 is 15.9.